The van der Waals surface area contributed by atoms with Crippen LogP contribution < -0.4 is 15.4 Å². The number of hydrogen-bond donors (Lipinski definition) is 2. The highest BCUT2D eigenvalue weighted by Crippen LogP contribution is 2.27. The Hall–Kier alpha value is -1.64. The molecule has 3 nitrogen and oxygen atoms in total. The maximum Gasteiger partial charge on any atom is 0.135 e. The van der Waals surface area contributed by atoms with Crippen LogP contribution in [0, 0.1) is 6.92 Å². The molecule has 1 aromatic carbocycles. The standard InChI is InChI=1S/C14H20N2O/c1-10(2)12-5-4-11(3)8-13(12)17-9-14-15-6-7-16-14/h4-5,8-10,15-16H,6-7H2,1-3H3. The van der Waals surface area contributed by atoms with Gasteiger partial charge in [0.1, 0.15) is 17.8 Å². The van der Waals surface area contributed by atoms with Crippen LogP contribution >= 0.6 is 0 Å². The summed E-state index contributed by atoms with van der Waals surface area (Å²) in [5.74, 6) is 2.37. The predicted octanol–water partition coefficient (Wildman–Crippen LogP) is 2.49. The predicted molar refractivity (Wildman–Crippen MR) is 70.0 cm³/mol. The van der Waals surface area contributed by atoms with E-state index in [0.29, 0.717) is 5.92 Å². The Labute approximate surface area is 103 Å². The Morgan fingerprint density at radius 3 is 2.59 bits per heavy atom. The minimum atomic E-state index is 0.466. The zero-order valence-electron chi connectivity index (χ0n) is 10.7. The number of aryl methyl sites for hydroxylation is 1. The quantitative estimate of drug-likeness (QED) is 0.786. The van der Waals surface area contributed by atoms with Crippen molar-refractivity contribution in [3.05, 3.63) is 41.4 Å². The van der Waals surface area contributed by atoms with E-state index in [1.54, 1.807) is 6.26 Å². The molecule has 1 heterocycles. The molecule has 2 N–H and O–H groups in total. The van der Waals surface area contributed by atoms with E-state index in [4.69, 9.17) is 4.74 Å². The van der Waals surface area contributed by atoms with Gasteiger partial charge >= 0.3 is 0 Å². The molecule has 0 radical (unpaired) electrons. The second kappa shape index (κ2) is 5.13. The van der Waals surface area contributed by atoms with Crippen molar-refractivity contribution in [1.29, 1.82) is 0 Å². The lowest BCUT2D eigenvalue weighted by Gasteiger charge is -2.13. The summed E-state index contributed by atoms with van der Waals surface area (Å²) in [6.45, 7) is 8.35. The van der Waals surface area contributed by atoms with Crippen LogP contribution in [0.2, 0.25) is 0 Å². The van der Waals surface area contributed by atoms with Crippen LogP contribution in [0.4, 0.5) is 0 Å². The van der Waals surface area contributed by atoms with Crippen LogP contribution in [0.1, 0.15) is 30.9 Å². The smallest absolute Gasteiger partial charge is 0.135 e. The van der Waals surface area contributed by atoms with E-state index in [1.807, 2.05) is 0 Å². The van der Waals surface area contributed by atoms with E-state index in [1.165, 1.54) is 11.1 Å². The molecular weight excluding hydrogens is 212 g/mol. The molecule has 2 rings (SSSR count). The summed E-state index contributed by atoms with van der Waals surface area (Å²) in [6.07, 6.45) is 1.76. The van der Waals surface area contributed by atoms with Crippen molar-refractivity contribution in [1.82, 2.24) is 10.6 Å². The molecule has 1 saturated heterocycles. The molecule has 0 spiro atoms. The van der Waals surface area contributed by atoms with Gasteiger partial charge in [0.15, 0.2) is 0 Å². The molecule has 17 heavy (non-hydrogen) atoms. The van der Waals surface area contributed by atoms with Crippen molar-refractivity contribution in [3.63, 3.8) is 0 Å². The van der Waals surface area contributed by atoms with Crippen molar-refractivity contribution in [2.75, 3.05) is 13.1 Å². The van der Waals surface area contributed by atoms with Crippen LogP contribution in [0.25, 0.3) is 0 Å². The van der Waals surface area contributed by atoms with Crippen LogP contribution in [-0.4, -0.2) is 13.1 Å². The van der Waals surface area contributed by atoms with Crippen LogP contribution in [0.15, 0.2) is 30.3 Å². The van der Waals surface area contributed by atoms with Crippen molar-refractivity contribution in [2.45, 2.75) is 26.7 Å². The summed E-state index contributed by atoms with van der Waals surface area (Å²) in [7, 11) is 0. The molecule has 0 aliphatic carbocycles. The zero-order chi connectivity index (χ0) is 12.3. The highest BCUT2D eigenvalue weighted by Gasteiger charge is 2.09. The maximum absolute atomic E-state index is 5.78. The summed E-state index contributed by atoms with van der Waals surface area (Å²) in [6, 6.07) is 6.35. The molecule has 1 fully saturated rings. The van der Waals surface area contributed by atoms with E-state index in [9.17, 15) is 0 Å². The van der Waals surface area contributed by atoms with Gasteiger partial charge in [0.2, 0.25) is 0 Å². The second-order valence-electron chi connectivity index (χ2n) is 4.70. The fraction of sp³-hybridized carbons (Fsp3) is 0.429. The van der Waals surface area contributed by atoms with E-state index in [-0.39, 0.29) is 0 Å². The van der Waals surface area contributed by atoms with Crippen molar-refractivity contribution in [3.8, 4) is 5.75 Å². The summed E-state index contributed by atoms with van der Waals surface area (Å²) >= 11 is 0. The van der Waals surface area contributed by atoms with Gasteiger partial charge in [-0.05, 0) is 30.0 Å². The average Bonchev–Trinajstić information content (AvgIpc) is 2.78. The molecule has 0 bridgehead atoms. The van der Waals surface area contributed by atoms with E-state index in [0.717, 1.165) is 24.7 Å². The van der Waals surface area contributed by atoms with Crippen molar-refractivity contribution < 1.29 is 4.74 Å². The lowest BCUT2D eigenvalue weighted by atomic mass is 10.0. The summed E-state index contributed by atoms with van der Waals surface area (Å²) in [4.78, 5) is 0. The van der Waals surface area contributed by atoms with Gasteiger partial charge in [-0.25, -0.2) is 0 Å². The summed E-state index contributed by atoms with van der Waals surface area (Å²) in [5.41, 5.74) is 2.46. The molecule has 0 amide bonds. The monoisotopic (exact) mass is 232 g/mol. The van der Waals surface area contributed by atoms with Gasteiger partial charge in [-0.2, -0.15) is 0 Å². The minimum absolute atomic E-state index is 0.466. The molecule has 92 valence electrons. The molecule has 0 unspecified atom stereocenters. The summed E-state index contributed by atoms with van der Waals surface area (Å²) in [5, 5.41) is 6.43. The molecule has 3 heteroatoms. The molecule has 1 aliphatic rings. The fourth-order valence-electron chi connectivity index (χ4n) is 1.88. The number of nitrogens with one attached hydrogen (secondary N) is 2. The third kappa shape index (κ3) is 2.93. The second-order valence-corrected chi connectivity index (χ2v) is 4.70. The first-order valence-electron chi connectivity index (χ1n) is 6.12. The SMILES string of the molecule is Cc1ccc(C(C)C)c(OC=C2NCCN2)c1. The topological polar surface area (TPSA) is 33.3 Å². The Kier molecular flexibility index (Phi) is 3.57. The van der Waals surface area contributed by atoms with E-state index in [2.05, 4.69) is 49.6 Å². The lowest BCUT2D eigenvalue weighted by Crippen LogP contribution is -2.11. The molecular formula is C14H20N2O. The first-order chi connectivity index (χ1) is 8.16. The van der Waals surface area contributed by atoms with Gasteiger partial charge < -0.3 is 15.4 Å². The van der Waals surface area contributed by atoms with E-state index >= 15 is 0 Å². The van der Waals surface area contributed by atoms with Gasteiger partial charge in [0.25, 0.3) is 0 Å². The fourth-order valence-corrected chi connectivity index (χ4v) is 1.88. The largest absolute Gasteiger partial charge is 0.461 e. The average molecular weight is 232 g/mol. The number of ether oxygens (including phenoxy) is 1. The Morgan fingerprint density at radius 1 is 1.24 bits per heavy atom. The van der Waals surface area contributed by atoms with Crippen LogP contribution in [-0.2, 0) is 0 Å². The number of rotatable bonds is 3. The molecule has 0 aromatic heterocycles. The van der Waals surface area contributed by atoms with Crippen molar-refractivity contribution >= 4 is 0 Å². The van der Waals surface area contributed by atoms with Crippen molar-refractivity contribution in [2.24, 2.45) is 0 Å². The van der Waals surface area contributed by atoms with Gasteiger partial charge in [0.05, 0.1) is 0 Å². The molecule has 0 atom stereocenters. The van der Waals surface area contributed by atoms with Gasteiger partial charge in [-0.3, -0.25) is 0 Å². The number of hydrogen-bond acceptors (Lipinski definition) is 3. The Balaban J connectivity index is 2.18. The van der Waals surface area contributed by atoms with Crippen LogP contribution in [0.3, 0.4) is 0 Å². The molecule has 1 aliphatic heterocycles. The normalized spacial score (nSPS) is 14.5. The third-order valence-electron chi connectivity index (χ3n) is 2.85. The summed E-state index contributed by atoms with van der Waals surface area (Å²) < 4.78 is 5.78. The lowest BCUT2D eigenvalue weighted by molar-refractivity contribution is 0.460. The first-order valence-corrected chi connectivity index (χ1v) is 6.12. The maximum atomic E-state index is 5.78. The van der Waals surface area contributed by atoms with Gasteiger partial charge in [0, 0.05) is 13.1 Å². The van der Waals surface area contributed by atoms with Crippen LogP contribution in [0.5, 0.6) is 5.75 Å². The highest BCUT2D eigenvalue weighted by molar-refractivity contribution is 5.39. The molecule has 1 aromatic rings. The molecule has 0 saturated carbocycles. The third-order valence-corrected chi connectivity index (χ3v) is 2.85. The Morgan fingerprint density at radius 2 is 1.94 bits per heavy atom. The zero-order valence-corrected chi connectivity index (χ0v) is 10.7. The Bertz CT molecular complexity index is 416. The van der Waals surface area contributed by atoms with E-state index < -0.39 is 0 Å². The van der Waals surface area contributed by atoms with Gasteiger partial charge in [-0.15, -0.1) is 0 Å². The first kappa shape index (κ1) is 11.8. The highest BCUT2D eigenvalue weighted by atomic mass is 16.5. The minimum Gasteiger partial charge on any atom is -0.461 e. The number of benzene rings is 1. The van der Waals surface area contributed by atoms with Gasteiger partial charge in [-0.1, -0.05) is 26.0 Å².